The van der Waals surface area contributed by atoms with Gasteiger partial charge in [-0.25, -0.2) is 13.6 Å². The molecule has 1 saturated carbocycles. The van der Waals surface area contributed by atoms with Crippen molar-refractivity contribution < 1.29 is 13.6 Å². The molecule has 2 N–H and O–H groups in total. The van der Waals surface area contributed by atoms with Gasteiger partial charge in [0.1, 0.15) is 0 Å². The van der Waals surface area contributed by atoms with Gasteiger partial charge in [0.15, 0.2) is 12.3 Å². The van der Waals surface area contributed by atoms with Crippen LogP contribution in [0.4, 0.5) is 19.3 Å². The summed E-state index contributed by atoms with van der Waals surface area (Å²) in [5, 5.41) is 6.04. The fourth-order valence-corrected chi connectivity index (χ4v) is 5.27. The molecule has 0 bridgehead atoms. The molecule has 4 rings (SSSR count). The lowest BCUT2D eigenvalue weighted by atomic mass is 9.81. The Morgan fingerprint density at radius 2 is 1.88 bits per heavy atom. The van der Waals surface area contributed by atoms with Crippen LogP contribution in [0, 0.1) is 0 Å². The van der Waals surface area contributed by atoms with Crippen LogP contribution in [0.1, 0.15) is 50.0 Å². The Bertz CT molecular complexity index is 860. The van der Waals surface area contributed by atoms with Gasteiger partial charge < -0.3 is 20.4 Å². The Labute approximate surface area is 195 Å². The van der Waals surface area contributed by atoms with Crippen LogP contribution in [-0.4, -0.2) is 67.4 Å². The highest BCUT2D eigenvalue weighted by Gasteiger charge is 2.31. The van der Waals surface area contributed by atoms with Gasteiger partial charge in [-0.1, -0.05) is 12.1 Å². The average Bonchev–Trinajstić information content (AvgIpc) is 3.36. The predicted octanol–water partition coefficient (Wildman–Crippen LogP) is 4.99. The van der Waals surface area contributed by atoms with Gasteiger partial charge in [-0.05, 0) is 93.5 Å². The molecule has 7 heteroatoms. The number of rotatable bonds is 7. The van der Waals surface area contributed by atoms with Crippen LogP contribution in [0.5, 0.6) is 0 Å². The summed E-state index contributed by atoms with van der Waals surface area (Å²) in [7, 11) is 1.93. The van der Waals surface area contributed by atoms with Crippen molar-refractivity contribution >= 4 is 11.7 Å². The van der Waals surface area contributed by atoms with E-state index in [1.807, 2.05) is 11.9 Å². The third-order valence-corrected chi connectivity index (χ3v) is 7.25. The Morgan fingerprint density at radius 1 is 1.12 bits per heavy atom. The molecule has 33 heavy (non-hydrogen) atoms. The summed E-state index contributed by atoms with van der Waals surface area (Å²) in [6.45, 7) is 3.67. The Hall–Kier alpha value is -2.41. The SMILES string of the molecule is CNc1cccc(C2CCC(N(CCN3CCCC3)C(=O)NC3=CC(F)C(F)C=C3)CC2)c1. The summed E-state index contributed by atoms with van der Waals surface area (Å²) >= 11 is 0. The van der Waals surface area contributed by atoms with Crippen LogP contribution in [0.2, 0.25) is 0 Å². The zero-order valence-corrected chi connectivity index (χ0v) is 19.5. The lowest BCUT2D eigenvalue weighted by Gasteiger charge is -2.38. The molecule has 1 aromatic carbocycles. The molecule has 2 amide bonds. The number of amides is 2. The molecule has 180 valence electrons. The van der Waals surface area contributed by atoms with Gasteiger partial charge in [0.2, 0.25) is 0 Å². The topological polar surface area (TPSA) is 47.6 Å². The summed E-state index contributed by atoms with van der Waals surface area (Å²) in [5.74, 6) is 0.496. The Morgan fingerprint density at radius 3 is 2.58 bits per heavy atom. The number of hydrogen-bond acceptors (Lipinski definition) is 3. The molecule has 2 atom stereocenters. The zero-order chi connectivity index (χ0) is 23.2. The molecule has 5 nitrogen and oxygen atoms in total. The Kier molecular flexibility index (Phi) is 8.02. The van der Waals surface area contributed by atoms with Gasteiger partial charge in [-0.15, -0.1) is 0 Å². The largest absolute Gasteiger partial charge is 0.388 e. The molecular formula is C26H36F2N4O. The highest BCUT2D eigenvalue weighted by Crippen LogP contribution is 2.35. The van der Waals surface area contributed by atoms with E-state index in [1.54, 1.807) is 0 Å². The molecule has 2 unspecified atom stereocenters. The molecule has 1 heterocycles. The second-order valence-corrected chi connectivity index (χ2v) is 9.42. The third kappa shape index (κ3) is 6.14. The number of nitrogens with zero attached hydrogens (tertiary/aromatic N) is 2. The number of urea groups is 1. The van der Waals surface area contributed by atoms with Crippen LogP contribution < -0.4 is 10.6 Å². The number of alkyl halides is 2. The summed E-state index contributed by atoms with van der Waals surface area (Å²) < 4.78 is 27.2. The van der Waals surface area contributed by atoms with Crippen molar-refractivity contribution in [3.8, 4) is 0 Å². The second-order valence-electron chi connectivity index (χ2n) is 9.42. The normalized spacial score (nSPS) is 27.8. The lowest BCUT2D eigenvalue weighted by molar-refractivity contribution is 0.143. The molecule has 0 aromatic heterocycles. The highest BCUT2D eigenvalue weighted by atomic mass is 19.2. The molecular weight excluding hydrogens is 422 g/mol. The van der Waals surface area contributed by atoms with Crippen LogP contribution in [-0.2, 0) is 0 Å². The first-order valence-electron chi connectivity index (χ1n) is 12.3. The van der Waals surface area contributed by atoms with Gasteiger partial charge in [0.25, 0.3) is 0 Å². The van der Waals surface area contributed by atoms with Crippen LogP contribution in [0.15, 0.2) is 48.2 Å². The number of hydrogen-bond donors (Lipinski definition) is 2. The maximum atomic E-state index is 13.8. The fraction of sp³-hybridized carbons (Fsp3) is 0.577. The number of halogens is 2. The van der Waals surface area contributed by atoms with E-state index in [2.05, 4.69) is 39.8 Å². The van der Waals surface area contributed by atoms with Gasteiger partial charge in [-0.3, -0.25) is 0 Å². The molecule has 1 saturated heterocycles. The monoisotopic (exact) mass is 458 g/mol. The van der Waals surface area contributed by atoms with Gasteiger partial charge in [-0.2, -0.15) is 0 Å². The number of allylic oxidation sites excluding steroid dienone is 3. The molecule has 2 aliphatic carbocycles. The van der Waals surface area contributed by atoms with Gasteiger partial charge in [0.05, 0.1) is 0 Å². The average molecular weight is 459 g/mol. The molecule has 1 aliphatic heterocycles. The maximum Gasteiger partial charge on any atom is 0.322 e. The summed E-state index contributed by atoms with van der Waals surface area (Å²) in [6, 6.07) is 8.51. The second kappa shape index (κ2) is 11.1. The summed E-state index contributed by atoms with van der Waals surface area (Å²) in [6.07, 6.45) is 6.79. The van der Waals surface area contributed by atoms with Gasteiger partial charge >= 0.3 is 6.03 Å². The minimum Gasteiger partial charge on any atom is -0.388 e. The Balaban J connectivity index is 1.40. The predicted molar refractivity (Wildman–Crippen MR) is 129 cm³/mol. The van der Waals surface area contributed by atoms with Crippen LogP contribution in [0.3, 0.4) is 0 Å². The fourth-order valence-electron chi connectivity index (χ4n) is 5.27. The van der Waals surface area contributed by atoms with Crippen LogP contribution >= 0.6 is 0 Å². The number of anilines is 1. The first kappa shape index (κ1) is 23.7. The van der Waals surface area contributed by atoms with Crippen molar-refractivity contribution in [1.82, 2.24) is 15.1 Å². The molecule has 2 fully saturated rings. The molecule has 1 aromatic rings. The van der Waals surface area contributed by atoms with E-state index < -0.39 is 12.3 Å². The van der Waals surface area contributed by atoms with E-state index in [0.29, 0.717) is 18.2 Å². The number of nitrogens with one attached hydrogen (secondary N) is 2. The van der Waals surface area contributed by atoms with Crippen molar-refractivity contribution in [1.29, 1.82) is 0 Å². The molecule has 3 aliphatic rings. The number of carbonyl (C=O) groups is 1. The quantitative estimate of drug-likeness (QED) is 0.605. The van der Waals surface area contributed by atoms with E-state index >= 15 is 0 Å². The van der Waals surface area contributed by atoms with Crippen LogP contribution in [0.25, 0.3) is 0 Å². The first-order chi connectivity index (χ1) is 16.0. The van der Waals surface area contributed by atoms with Crippen molar-refractivity contribution in [3.63, 3.8) is 0 Å². The third-order valence-electron chi connectivity index (χ3n) is 7.25. The highest BCUT2D eigenvalue weighted by molar-refractivity contribution is 5.77. The standard InChI is InChI=1S/C26H36F2N4O/c1-29-21-6-4-5-20(17-21)19-7-10-23(11-8-19)32(16-15-31-13-2-3-14-31)26(33)30-22-9-12-24(27)25(28)18-22/h4-6,9,12,17-19,23-25,29H,2-3,7-8,10-11,13-16H2,1H3,(H,30,33). The van der Waals surface area contributed by atoms with Crippen molar-refractivity contribution in [2.75, 3.05) is 38.5 Å². The van der Waals surface area contributed by atoms with E-state index in [1.165, 1.54) is 30.6 Å². The van der Waals surface area contributed by atoms with E-state index in [-0.39, 0.29) is 12.1 Å². The first-order valence-corrected chi connectivity index (χ1v) is 12.3. The number of likely N-dealkylation sites (tertiary alicyclic amines) is 1. The van der Waals surface area contributed by atoms with Crippen molar-refractivity contribution in [3.05, 3.63) is 53.8 Å². The minimum absolute atomic E-state index is 0.152. The smallest absolute Gasteiger partial charge is 0.322 e. The summed E-state index contributed by atoms with van der Waals surface area (Å²) in [4.78, 5) is 17.6. The number of benzene rings is 1. The van der Waals surface area contributed by atoms with E-state index in [4.69, 9.17) is 0 Å². The maximum absolute atomic E-state index is 13.8. The van der Waals surface area contributed by atoms with Crippen molar-refractivity contribution in [2.24, 2.45) is 0 Å². The van der Waals surface area contributed by atoms with E-state index in [0.717, 1.165) is 57.1 Å². The number of carbonyl (C=O) groups excluding carboxylic acids is 1. The summed E-state index contributed by atoms with van der Waals surface area (Å²) in [5.41, 5.74) is 2.81. The zero-order valence-electron chi connectivity index (χ0n) is 19.5. The van der Waals surface area contributed by atoms with Crippen molar-refractivity contribution in [2.45, 2.75) is 62.8 Å². The lowest BCUT2D eigenvalue weighted by Crippen LogP contribution is -2.49. The van der Waals surface area contributed by atoms with Gasteiger partial charge in [0, 0.05) is 37.6 Å². The molecule has 0 spiro atoms. The molecule has 0 radical (unpaired) electrons. The minimum atomic E-state index is -1.72. The van der Waals surface area contributed by atoms with E-state index in [9.17, 15) is 13.6 Å².